The largest absolute Gasteiger partial charge is 0.352 e. The van der Waals surface area contributed by atoms with E-state index in [1.54, 1.807) is 17.8 Å². The Hall–Kier alpha value is -0.420. The lowest BCUT2D eigenvalue weighted by molar-refractivity contribution is 0.0953. The normalized spacial score (nSPS) is 9.72. The first-order valence-electron chi connectivity index (χ1n) is 5.51. The number of halogens is 2. The number of hydrogen-bond acceptors (Lipinski definition) is 3. The molecule has 0 saturated heterocycles. The molecule has 102 valence electrons. The van der Waals surface area contributed by atoms with E-state index < -0.39 is 0 Å². The second-order valence-electron chi connectivity index (χ2n) is 3.60. The van der Waals surface area contributed by atoms with Crippen molar-refractivity contribution >= 4 is 41.7 Å². The predicted molar refractivity (Wildman–Crippen MR) is 81.1 cm³/mol. The molecule has 0 aliphatic heterocycles. The number of unbranched alkanes of at least 4 members (excludes halogenated alkanes) is 1. The zero-order chi connectivity index (χ0) is 12.7. The molecule has 3 nitrogen and oxygen atoms in total. The van der Waals surface area contributed by atoms with Crippen molar-refractivity contribution in [2.75, 3.05) is 19.3 Å². The van der Waals surface area contributed by atoms with Gasteiger partial charge in [0.25, 0.3) is 5.91 Å². The molecule has 0 spiro atoms. The fourth-order valence-electron chi connectivity index (χ4n) is 1.37. The van der Waals surface area contributed by atoms with Gasteiger partial charge in [0.1, 0.15) is 0 Å². The SMILES string of the molecule is CSc1ccc(Cl)c(C(=O)NCCCCN)c1.Cl. The molecule has 1 amide bonds. The molecule has 0 bridgehead atoms. The zero-order valence-electron chi connectivity index (χ0n) is 10.2. The topological polar surface area (TPSA) is 55.1 Å². The van der Waals surface area contributed by atoms with E-state index in [1.807, 2.05) is 18.4 Å². The Labute approximate surface area is 123 Å². The average Bonchev–Trinajstić information content (AvgIpc) is 2.35. The number of thioether (sulfide) groups is 1. The van der Waals surface area contributed by atoms with Crippen LogP contribution < -0.4 is 11.1 Å². The Bertz CT molecular complexity index is 388. The number of rotatable bonds is 6. The minimum Gasteiger partial charge on any atom is -0.352 e. The van der Waals surface area contributed by atoms with E-state index in [0.717, 1.165) is 17.7 Å². The lowest BCUT2D eigenvalue weighted by Crippen LogP contribution is -2.25. The summed E-state index contributed by atoms with van der Waals surface area (Å²) in [5.41, 5.74) is 5.92. The third-order valence-corrected chi connectivity index (χ3v) is 3.39. The molecular formula is C12H18Cl2N2OS. The fourth-order valence-corrected chi connectivity index (χ4v) is 2.02. The maximum atomic E-state index is 11.9. The Morgan fingerprint density at radius 3 is 2.78 bits per heavy atom. The highest BCUT2D eigenvalue weighted by molar-refractivity contribution is 7.98. The Kier molecular flexibility index (Phi) is 9.28. The number of hydrogen-bond donors (Lipinski definition) is 2. The van der Waals surface area contributed by atoms with Gasteiger partial charge in [-0.2, -0.15) is 0 Å². The molecule has 0 saturated carbocycles. The monoisotopic (exact) mass is 308 g/mol. The molecule has 3 N–H and O–H groups in total. The highest BCUT2D eigenvalue weighted by atomic mass is 35.5. The van der Waals surface area contributed by atoms with E-state index in [4.69, 9.17) is 17.3 Å². The summed E-state index contributed by atoms with van der Waals surface area (Å²) in [6, 6.07) is 5.46. The van der Waals surface area contributed by atoms with Gasteiger partial charge in [0.05, 0.1) is 10.6 Å². The number of carbonyl (C=O) groups excluding carboxylic acids is 1. The van der Waals surface area contributed by atoms with Gasteiger partial charge in [-0.25, -0.2) is 0 Å². The zero-order valence-corrected chi connectivity index (χ0v) is 12.6. The second kappa shape index (κ2) is 9.50. The van der Waals surface area contributed by atoms with E-state index in [1.165, 1.54) is 0 Å². The Balaban J connectivity index is 0.00000289. The first kappa shape index (κ1) is 17.6. The molecule has 0 unspecified atom stereocenters. The first-order chi connectivity index (χ1) is 8.19. The lowest BCUT2D eigenvalue weighted by atomic mass is 10.2. The van der Waals surface area contributed by atoms with Crippen molar-refractivity contribution in [2.24, 2.45) is 5.73 Å². The van der Waals surface area contributed by atoms with Crippen LogP contribution in [0, 0.1) is 0 Å². The van der Waals surface area contributed by atoms with Crippen LogP contribution in [0.4, 0.5) is 0 Å². The molecule has 1 aromatic rings. The number of carbonyl (C=O) groups is 1. The van der Waals surface area contributed by atoms with Gasteiger partial charge in [0.2, 0.25) is 0 Å². The predicted octanol–water partition coefficient (Wildman–Crippen LogP) is 2.95. The van der Waals surface area contributed by atoms with Crippen LogP contribution in [0.15, 0.2) is 23.1 Å². The van der Waals surface area contributed by atoms with Crippen molar-refractivity contribution in [1.29, 1.82) is 0 Å². The number of benzene rings is 1. The summed E-state index contributed by atoms with van der Waals surface area (Å²) >= 11 is 7.58. The molecule has 0 aromatic heterocycles. The summed E-state index contributed by atoms with van der Waals surface area (Å²) in [5, 5.41) is 3.32. The van der Waals surface area contributed by atoms with Gasteiger partial charge in [-0.3, -0.25) is 4.79 Å². The lowest BCUT2D eigenvalue weighted by Gasteiger charge is -2.07. The van der Waals surface area contributed by atoms with Gasteiger partial charge in [-0.1, -0.05) is 11.6 Å². The molecule has 0 heterocycles. The third-order valence-electron chi connectivity index (χ3n) is 2.33. The third kappa shape index (κ3) is 5.48. The van der Waals surface area contributed by atoms with E-state index in [0.29, 0.717) is 23.7 Å². The van der Waals surface area contributed by atoms with Crippen LogP contribution in [0.2, 0.25) is 5.02 Å². The van der Waals surface area contributed by atoms with E-state index in [2.05, 4.69) is 5.32 Å². The molecule has 1 rings (SSSR count). The van der Waals surface area contributed by atoms with Crippen molar-refractivity contribution in [2.45, 2.75) is 17.7 Å². The summed E-state index contributed by atoms with van der Waals surface area (Å²) in [6.45, 7) is 1.29. The highest BCUT2D eigenvalue weighted by Crippen LogP contribution is 2.22. The smallest absolute Gasteiger partial charge is 0.252 e. The van der Waals surface area contributed by atoms with E-state index in [9.17, 15) is 4.79 Å². The van der Waals surface area contributed by atoms with Crippen LogP contribution in [0.3, 0.4) is 0 Å². The van der Waals surface area contributed by atoms with Crippen molar-refractivity contribution in [3.63, 3.8) is 0 Å². The first-order valence-corrected chi connectivity index (χ1v) is 7.11. The van der Waals surface area contributed by atoms with Crippen molar-refractivity contribution in [1.82, 2.24) is 5.32 Å². The van der Waals surface area contributed by atoms with Crippen LogP contribution in [0.1, 0.15) is 23.2 Å². The summed E-state index contributed by atoms with van der Waals surface area (Å²) in [6.07, 6.45) is 3.77. The molecule has 6 heteroatoms. The van der Waals surface area contributed by atoms with Crippen molar-refractivity contribution < 1.29 is 4.79 Å². The van der Waals surface area contributed by atoms with Crippen molar-refractivity contribution in [3.05, 3.63) is 28.8 Å². The van der Waals surface area contributed by atoms with Crippen LogP contribution in [0.5, 0.6) is 0 Å². The van der Waals surface area contributed by atoms with Gasteiger partial charge in [0, 0.05) is 11.4 Å². The summed E-state index contributed by atoms with van der Waals surface area (Å²) in [7, 11) is 0. The van der Waals surface area contributed by atoms with E-state index in [-0.39, 0.29) is 18.3 Å². The summed E-state index contributed by atoms with van der Waals surface area (Å²) in [5.74, 6) is -0.122. The molecule has 0 radical (unpaired) electrons. The molecule has 0 aliphatic carbocycles. The van der Waals surface area contributed by atoms with Crippen LogP contribution >= 0.6 is 35.8 Å². The molecule has 0 aliphatic rings. The summed E-state index contributed by atoms with van der Waals surface area (Å²) in [4.78, 5) is 12.9. The standard InChI is InChI=1S/C12H17ClN2OS.ClH/c1-17-9-4-5-11(13)10(8-9)12(16)15-7-3-2-6-14;/h4-5,8H,2-3,6-7,14H2,1H3,(H,15,16);1H. The van der Waals surface area contributed by atoms with Crippen molar-refractivity contribution in [3.8, 4) is 0 Å². The molecular weight excluding hydrogens is 291 g/mol. The van der Waals surface area contributed by atoms with Crippen LogP contribution in [0.25, 0.3) is 0 Å². The van der Waals surface area contributed by atoms with Crippen LogP contribution in [-0.4, -0.2) is 25.3 Å². The van der Waals surface area contributed by atoms with Gasteiger partial charge >= 0.3 is 0 Å². The number of nitrogens with two attached hydrogens (primary N) is 1. The highest BCUT2D eigenvalue weighted by Gasteiger charge is 2.10. The Morgan fingerprint density at radius 2 is 2.17 bits per heavy atom. The number of nitrogens with one attached hydrogen (secondary N) is 1. The fraction of sp³-hybridized carbons (Fsp3) is 0.417. The second-order valence-corrected chi connectivity index (χ2v) is 4.88. The molecule has 0 atom stereocenters. The maximum Gasteiger partial charge on any atom is 0.252 e. The maximum absolute atomic E-state index is 11.9. The minimum absolute atomic E-state index is 0. The van der Waals surface area contributed by atoms with Gasteiger partial charge in [-0.05, 0) is 43.8 Å². The van der Waals surface area contributed by atoms with Gasteiger partial charge in [0.15, 0.2) is 0 Å². The molecule has 1 aromatic carbocycles. The average molecular weight is 309 g/mol. The molecule has 0 fully saturated rings. The number of amides is 1. The minimum atomic E-state index is -0.122. The molecule has 18 heavy (non-hydrogen) atoms. The van der Waals surface area contributed by atoms with E-state index >= 15 is 0 Å². The summed E-state index contributed by atoms with van der Waals surface area (Å²) < 4.78 is 0. The van der Waals surface area contributed by atoms with Gasteiger partial charge < -0.3 is 11.1 Å². The Morgan fingerprint density at radius 1 is 1.44 bits per heavy atom. The quantitative estimate of drug-likeness (QED) is 0.627. The van der Waals surface area contributed by atoms with Crippen LogP contribution in [-0.2, 0) is 0 Å². The van der Waals surface area contributed by atoms with Gasteiger partial charge in [-0.15, -0.1) is 24.2 Å².